The second kappa shape index (κ2) is 6.74. The molecule has 0 saturated heterocycles. The van der Waals surface area contributed by atoms with Crippen LogP contribution in [0.2, 0.25) is 25.7 Å². The number of ether oxygens (including phenoxy) is 1. The molecule has 0 aliphatic rings. The summed E-state index contributed by atoms with van der Waals surface area (Å²) < 4.78 is 9.17. The molecule has 3 heterocycles. The average Bonchev–Trinajstić information content (AvgIpc) is 3.10. The summed E-state index contributed by atoms with van der Waals surface area (Å²) in [5, 5.41) is 8.05. The summed E-state index contributed by atoms with van der Waals surface area (Å²) in [6.45, 7) is 8.46. The van der Waals surface area contributed by atoms with Crippen LogP contribution in [0.15, 0.2) is 30.7 Å². The van der Waals surface area contributed by atoms with Gasteiger partial charge < -0.3 is 4.74 Å². The number of H-pyrrole nitrogens is 1. The molecule has 7 heteroatoms. The van der Waals surface area contributed by atoms with Gasteiger partial charge in [0.2, 0.25) is 0 Å². The van der Waals surface area contributed by atoms with Gasteiger partial charge in [0.05, 0.1) is 9.90 Å². The van der Waals surface area contributed by atoms with Crippen LogP contribution in [0, 0.1) is 3.70 Å². The molecule has 0 fully saturated rings. The first-order valence-corrected chi connectivity index (χ1v) is 12.4. The van der Waals surface area contributed by atoms with E-state index < -0.39 is 8.07 Å². The summed E-state index contributed by atoms with van der Waals surface area (Å²) in [6.07, 6.45) is 5.59. The van der Waals surface area contributed by atoms with Gasteiger partial charge in [0.15, 0.2) is 0 Å². The summed E-state index contributed by atoms with van der Waals surface area (Å²) in [6, 6.07) is 5.36. The SMILES string of the molecule is C[Si](C)(C)CCOCn1c(I)cc2c(-c3cn[nH]c3)ccnc21. The summed E-state index contributed by atoms with van der Waals surface area (Å²) in [5.41, 5.74) is 3.18. The number of aromatic nitrogens is 4. The lowest BCUT2D eigenvalue weighted by Crippen LogP contribution is -2.22. The highest BCUT2D eigenvalue weighted by molar-refractivity contribution is 14.1. The van der Waals surface area contributed by atoms with Gasteiger partial charge in [-0.3, -0.25) is 9.67 Å². The Bertz CT molecular complexity index is 792. The smallest absolute Gasteiger partial charge is 0.143 e. The third kappa shape index (κ3) is 3.83. The maximum atomic E-state index is 5.91. The van der Waals surface area contributed by atoms with E-state index in [1.807, 2.05) is 24.7 Å². The zero-order chi connectivity index (χ0) is 16.4. The fourth-order valence-electron chi connectivity index (χ4n) is 2.42. The molecule has 3 aromatic rings. The Hall–Kier alpha value is -1.19. The number of rotatable bonds is 6. The fraction of sp³-hybridized carbons (Fsp3) is 0.375. The van der Waals surface area contributed by atoms with Gasteiger partial charge in [0.25, 0.3) is 0 Å². The predicted molar refractivity (Wildman–Crippen MR) is 104 cm³/mol. The number of nitrogens with one attached hydrogen (secondary N) is 1. The number of hydrogen-bond acceptors (Lipinski definition) is 3. The third-order valence-electron chi connectivity index (χ3n) is 3.77. The summed E-state index contributed by atoms with van der Waals surface area (Å²) in [7, 11) is -1.05. The molecular weight excluding hydrogens is 419 g/mol. The van der Waals surface area contributed by atoms with Crippen molar-refractivity contribution in [2.24, 2.45) is 0 Å². The average molecular weight is 440 g/mol. The standard InChI is InChI=1S/C16H21IN4OSi/c1-23(2,3)7-6-22-11-21-15(17)8-14-13(4-5-18-16(14)21)12-9-19-20-10-12/h4-5,8-10H,6-7,11H2,1-3H3,(H,19,20). The monoisotopic (exact) mass is 440 g/mol. The van der Waals surface area contributed by atoms with Crippen molar-refractivity contribution in [2.75, 3.05) is 6.61 Å². The molecular formula is C16H21IN4OSi. The Labute approximate surface area is 150 Å². The van der Waals surface area contributed by atoms with E-state index in [1.54, 1.807) is 0 Å². The minimum Gasteiger partial charge on any atom is -0.361 e. The highest BCUT2D eigenvalue weighted by Crippen LogP contribution is 2.29. The van der Waals surface area contributed by atoms with Crippen LogP contribution in [0.3, 0.4) is 0 Å². The molecule has 0 bridgehead atoms. The molecule has 0 radical (unpaired) electrons. The zero-order valence-corrected chi connectivity index (χ0v) is 16.8. The molecule has 0 spiro atoms. The minimum absolute atomic E-state index is 0.550. The van der Waals surface area contributed by atoms with Crippen molar-refractivity contribution >= 4 is 41.7 Å². The maximum Gasteiger partial charge on any atom is 0.143 e. The number of hydrogen-bond donors (Lipinski definition) is 1. The van der Waals surface area contributed by atoms with Crippen molar-refractivity contribution in [1.29, 1.82) is 0 Å². The topological polar surface area (TPSA) is 55.7 Å². The third-order valence-corrected chi connectivity index (χ3v) is 6.37. The van der Waals surface area contributed by atoms with E-state index in [4.69, 9.17) is 4.74 Å². The second-order valence-electron chi connectivity index (χ2n) is 6.83. The van der Waals surface area contributed by atoms with Crippen molar-refractivity contribution in [3.63, 3.8) is 0 Å². The van der Waals surface area contributed by atoms with Crippen LogP contribution in [0.1, 0.15) is 0 Å². The van der Waals surface area contributed by atoms with Crippen molar-refractivity contribution in [3.05, 3.63) is 34.4 Å². The first-order chi connectivity index (χ1) is 11.0. The van der Waals surface area contributed by atoms with E-state index in [1.165, 1.54) is 6.04 Å². The Kier molecular flexibility index (Phi) is 4.88. The highest BCUT2D eigenvalue weighted by Gasteiger charge is 2.15. The van der Waals surface area contributed by atoms with Crippen molar-refractivity contribution in [3.8, 4) is 11.1 Å². The lowest BCUT2D eigenvalue weighted by Gasteiger charge is -2.16. The molecule has 23 heavy (non-hydrogen) atoms. The Morgan fingerprint density at radius 3 is 2.87 bits per heavy atom. The molecule has 0 saturated carbocycles. The Morgan fingerprint density at radius 2 is 2.17 bits per heavy atom. The molecule has 1 N–H and O–H groups in total. The zero-order valence-electron chi connectivity index (χ0n) is 13.6. The molecule has 0 unspecified atom stereocenters. The van der Waals surface area contributed by atoms with Crippen LogP contribution >= 0.6 is 22.6 Å². The van der Waals surface area contributed by atoms with E-state index in [-0.39, 0.29) is 0 Å². The van der Waals surface area contributed by atoms with Gasteiger partial charge in [0.1, 0.15) is 12.4 Å². The van der Waals surface area contributed by atoms with Crippen LogP contribution in [-0.2, 0) is 11.5 Å². The fourth-order valence-corrected chi connectivity index (χ4v) is 3.86. The largest absolute Gasteiger partial charge is 0.361 e. The van der Waals surface area contributed by atoms with Crippen LogP contribution in [0.5, 0.6) is 0 Å². The Balaban J connectivity index is 1.84. The van der Waals surface area contributed by atoms with Crippen molar-refractivity contribution in [2.45, 2.75) is 32.4 Å². The van der Waals surface area contributed by atoms with Crippen molar-refractivity contribution < 1.29 is 4.74 Å². The van der Waals surface area contributed by atoms with E-state index in [0.717, 1.165) is 32.5 Å². The number of nitrogens with zero attached hydrogens (tertiary/aromatic N) is 3. The quantitative estimate of drug-likeness (QED) is 0.353. The molecule has 5 nitrogen and oxygen atoms in total. The van der Waals surface area contributed by atoms with Crippen molar-refractivity contribution in [1.82, 2.24) is 19.7 Å². The number of aromatic amines is 1. The van der Waals surface area contributed by atoms with Gasteiger partial charge in [-0.15, -0.1) is 0 Å². The molecule has 0 amide bonds. The number of pyridine rings is 1. The van der Waals surface area contributed by atoms with E-state index in [0.29, 0.717) is 6.73 Å². The first-order valence-electron chi connectivity index (χ1n) is 7.66. The van der Waals surface area contributed by atoms with Crippen LogP contribution in [-0.4, -0.2) is 34.4 Å². The maximum absolute atomic E-state index is 5.91. The number of halogens is 1. The normalized spacial score (nSPS) is 12.2. The summed E-state index contributed by atoms with van der Waals surface area (Å²) in [5.74, 6) is 0. The van der Waals surface area contributed by atoms with Gasteiger partial charge in [-0.05, 0) is 46.3 Å². The lowest BCUT2D eigenvalue weighted by atomic mass is 10.1. The molecule has 3 rings (SSSR count). The molecule has 0 atom stereocenters. The molecule has 0 aromatic carbocycles. The van der Waals surface area contributed by atoms with Gasteiger partial charge in [-0.2, -0.15) is 5.10 Å². The van der Waals surface area contributed by atoms with Crippen LogP contribution < -0.4 is 0 Å². The van der Waals surface area contributed by atoms with Gasteiger partial charge >= 0.3 is 0 Å². The molecule has 0 aliphatic carbocycles. The molecule has 122 valence electrons. The van der Waals surface area contributed by atoms with Gasteiger partial charge in [-0.1, -0.05) is 19.6 Å². The van der Waals surface area contributed by atoms with E-state index in [9.17, 15) is 0 Å². The van der Waals surface area contributed by atoms with E-state index >= 15 is 0 Å². The highest BCUT2D eigenvalue weighted by atomic mass is 127. The minimum atomic E-state index is -1.05. The van der Waals surface area contributed by atoms with Crippen LogP contribution in [0.25, 0.3) is 22.2 Å². The van der Waals surface area contributed by atoms with Gasteiger partial charge in [0, 0.05) is 38.0 Å². The molecule has 3 aromatic heterocycles. The lowest BCUT2D eigenvalue weighted by molar-refractivity contribution is 0.0883. The second-order valence-corrected chi connectivity index (χ2v) is 13.6. The summed E-state index contributed by atoms with van der Waals surface area (Å²) in [4.78, 5) is 4.56. The Morgan fingerprint density at radius 1 is 1.35 bits per heavy atom. The van der Waals surface area contributed by atoms with Gasteiger partial charge in [-0.25, -0.2) is 4.98 Å². The number of fused-ring (bicyclic) bond motifs is 1. The summed E-state index contributed by atoms with van der Waals surface area (Å²) >= 11 is 2.34. The predicted octanol–water partition coefficient (Wildman–Crippen LogP) is 4.34. The molecule has 0 aliphatic heterocycles. The first kappa shape index (κ1) is 16.7. The van der Waals surface area contributed by atoms with E-state index in [2.05, 4.69) is 68.0 Å². The van der Waals surface area contributed by atoms with Crippen LogP contribution in [0.4, 0.5) is 0 Å².